The fourth-order valence-corrected chi connectivity index (χ4v) is 2.93. The van der Waals surface area contributed by atoms with E-state index in [1.807, 2.05) is 19.1 Å². The van der Waals surface area contributed by atoms with Crippen LogP contribution in [0.4, 0.5) is 4.39 Å². The largest absolute Gasteiger partial charge is 0.452 e. The number of hydrogen-bond donors (Lipinski definition) is 0. The van der Waals surface area contributed by atoms with Crippen LogP contribution < -0.4 is 9.47 Å². The number of Topliss-reactive ketones (excluding diaryl/α,β-unsaturated/α-hetero) is 1. The third kappa shape index (κ3) is 3.30. The highest BCUT2D eigenvalue weighted by atomic mass is 19.1. The Labute approximate surface area is 160 Å². The molecule has 0 spiro atoms. The lowest BCUT2D eigenvalue weighted by atomic mass is 10.1. The molecule has 0 saturated carbocycles. The number of rotatable bonds is 3. The van der Waals surface area contributed by atoms with Gasteiger partial charge in [-0.1, -0.05) is 36.4 Å². The average molecular weight is 374 g/mol. The number of ether oxygens (including phenoxy) is 2. The van der Waals surface area contributed by atoms with Gasteiger partial charge in [-0.2, -0.15) is 0 Å². The first-order valence-electron chi connectivity index (χ1n) is 8.63. The number of aryl methyl sites for hydroxylation is 1. The third-order valence-corrected chi connectivity index (χ3v) is 4.41. The van der Waals surface area contributed by atoms with E-state index in [2.05, 4.69) is 0 Å². The van der Waals surface area contributed by atoms with Gasteiger partial charge in [0.2, 0.25) is 5.78 Å². The van der Waals surface area contributed by atoms with Gasteiger partial charge in [-0.25, -0.2) is 9.18 Å². The number of ketones is 1. The summed E-state index contributed by atoms with van der Waals surface area (Å²) in [4.78, 5) is 24.8. The molecule has 0 aliphatic carbocycles. The molecule has 5 heteroatoms. The molecule has 4 nitrogen and oxygen atoms in total. The summed E-state index contributed by atoms with van der Waals surface area (Å²) in [7, 11) is 0. The van der Waals surface area contributed by atoms with Crippen LogP contribution in [-0.2, 0) is 0 Å². The highest BCUT2D eigenvalue weighted by Gasteiger charge is 2.28. The Bertz CT molecular complexity index is 1130. The number of hydrogen-bond acceptors (Lipinski definition) is 4. The molecular formula is C23H15FO4. The minimum Gasteiger partial charge on any atom is -0.452 e. The van der Waals surface area contributed by atoms with Crippen LogP contribution in [0.15, 0.2) is 72.5 Å². The smallest absolute Gasteiger partial charge is 0.343 e. The van der Waals surface area contributed by atoms with Crippen LogP contribution in [0.25, 0.3) is 6.08 Å². The van der Waals surface area contributed by atoms with E-state index in [0.29, 0.717) is 11.1 Å². The van der Waals surface area contributed by atoms with Gasteiger partial charge < -0.3 is 9.47 Å². The Morgan fingerprint density at radius 2 is 1.79 bits per heavy atom. The van der Waals surface area contributed by atoms with Crippen LogP contribution in [0.2, 0.25) is 0 Å². The molecule has 0 atom stereocenters. The fraction of sp³-hybridized carbons (Fsp3) is 0.0435. The van der Waals surface area contributed by atoms with Crippen molar-refractivity contribution in [3.05, 3.63) is 101 Å². The SMILES string of the molecule is Cc1ccccc1C(=O)Oc1ccc2c(c1)O/C(=C\c1ccccc1F)C2=O. The lowest BCUT2D eigenvalue weighted by Gasteiger charge is -2.07. The zero-order chi connectivity index (χ0) is 19.7. The van der Waals surface area contributed by atoms with E-state index in [4.69, 9.17) is 9.47 Å². The summed E-state index contributed by atoms with van der Waals surface area (Å²) >= 11 is 0. The highest BCUT2D eigenvalue weighted by molar-refractivity contribution is 6.14. The lowest BCUT2D eigenvalue weighted by molar-refractivity contribution is 0.0733. The van der Waals surface area contributed by atoms with Crippen molar-refractivity contribution in [1.29, 1.82) is 0 Å². The Morgan fingerprint density at radius 3 is 2.57 bits per heavy atom. The van der Waals surface area contributed by atoms with E-state index in [1.54, 1.807) is 30.3 Å². The molecule has 4 rings (SSSR count). The first kappa shape index (κ1) is 17.7. The molecule has 3 aromatic carbocycles. The Kier molecular flexibility index (Phi) is 4.49. The van der Waals surface area contributed by atoms with Gasteiger partial charge in [0, 0.05) is 11.6 Å². The second-order valence-corrected chi connectivity index (χ2v) is 6.32. The zero-order valence-electron chi connectivity index (χ0n) is 14.9. The minimum absolute atomic E-state index is 0.0162. The summed E-state index contributed by atoms with van der Waals surface area (Å²) in [5.41, 5.74) is 1.85. The van der Waals surface area contributed by atoms with E-state index in [0.717, 1.165) is 5.56 Å². The number of allylic oxidation sites excluding steroid dienone is 1. The predicted molar refractivity (Wildman–Crippen MR) is 102 cm³/mol. The number of carbonyl (C=O) groups excluding carboxylic acids is 2. The van der Waals surface area contributed by atoms with Crippen molar-refractivity contribution in [3.8, 4) is 11.5 Å². The summed E-state index contributed by atoms with van der Waals surface area (Å²) in [6.45, 7) is 1.82. The molecular weight excluding hydrogens is 359 g/mol. The maximum Gasteiger partial charge on any atom is 0.343 e. The maximum atomic E-state index is 13.8. The molecule has 0 aromatic heterocycles. The number of esters is 1. The molecule has 0 saturated heterocycles. The molecule has 0 N–H and O–H groups in total. The van der Waals surface area contributed by atoms with Gasteiger partial charge >= 0.3 is 5.97 Å². The van der Waals surface area contributed by atoms with E-state index in [9.17, 15) is 14.0 Å². The molecule has 1 aliphatic rings. The van der Waals surface area contributed by atoms with Gasteiger partial charge in [0.05, 0.1) is 11.1 Å². The first-order valence-corrected chi connectivity index (χ1v) is 8.63. The third-order valence-electron chi connectivity index (χ3n) is 4.41. The molecule has 1 aliphatic heterocycles. The van der Waals surface area contributed by atoms with Gasteiger partial charge in [0.15, 0.2) is 5.76 Å². The van der Waals surface area contributed by atoms with Crippen molar-refractivity contribution < 1.29 is 23.5 Å². The van der Waals surface area contributed by atoms with Gasteiger partial charge in [0.25, 0.3) is 0 Å². The van der Waals surface area contributed by atoms with Crippen LogP contribution in [-0.4, -0.2) is 11.8 Å². The average Bonchev–Trinajstić information content (AvgIpc) is 2.99. The van der Waals surface area contributed by atoms with E-state index >= 15 is 0 Å². The van der Waals surface area contributed by atoms with Crippen LogP contribution in [0.1, 0.15) is 31.8 Å². The minimum atomic E-state index is -0.496. The molecule has 28 heavy (non-hydrogen) atoms. The van der Waals surface area contributed by atoms with Crippen molar-refractivity contribution in [2.75, 3.05) is 0 Å². The van der Waals surface area contributed by atoms with E-state index in [-0.39, 0.29) is 28.6 Å². The van der Waals surface area contributed by atoms with Crippen molar-refractivity contribution in [2.45, 2.75) is 6.92 Å². The topological polar surface area (TPSA) is 52.6 Å². The molecule has 3 aromatic rings. The van der Waals surface area contributed by atoms with Crippen molar-refractivity contribution >= 4 is 17.8 Å². The summed E-state index contributed by atoms with van der Waals surface area (Å²) < 4.78 is 24.8. The Morgan fingerprint density at radius 1 is 1.04 bits per heavy atom. The molecule has 0 fully saturated rings. The maximum absolute atomic E-state index is 13.8. The second kappa shape index (κ2) is 7.12. The molecule has 1 heterocycles. The molecule has 0 radical (unpaired) electrons. The first-order chi connectivity index (χ1) is 13.5. The zero-order valence-corrected chi connectivity index (χ0v) is 14.9. The summed E-state index contributed by atoms with van der Waals surface area (Å²) in [6, 6.07) is 17.7. The number of benzene rings is 3. The lowest BCUT2D eigenvalue weighted by Crippen LogP contribution is -2.10. The van der Waals surface area contributed by atoms with Crippen LogP contribution >= 0.6 is 0 Å². The fourth-order valence-electron chi connectivity index (χ4n) is 2.93. The van der Waals surface area contributed by atoms with Gasteiger partial charge in [0.1, 0.15) is 17.3 Å². The standard InChI is InChI=1S/C23H15FO4/c1-14-6-2-4-8-17(14)23(26)27-16-10-11-18-20(13-16)28-21(22(18)25)12-15-7-3-5-9-19(15)24/h2-13H,1H3/b21-12-. The van der Waals surface area contributed by atoms with E-state index < -0.39 is 11.8 Å². The van der Waals surface area contributed by atoms with Crippen LogP contribution in [0.5, 0.6) is 11.5 Å². The molecule has 0 bridgehead atoms. The van der Waals surface area contributed by atoms with Crippen molar-refractivity contribution in [1.82, 2.24) is 0 Å². The Hall–Kier alpha value is -3.73. The monoisotopic (exact) mass is 374 g/mol. The quantitative estimate of drug-likeness (QED) is 0.369. The predicted octanol–water partition coefficient (Wildman–Crippen LogP) is 4.97. The molecule has 0 amide bonds. The van der Waals surface area contributed by atoms with Crippen LogP contribution in [0, 0.1) is 12.7 Å². The normalized spacial score (nSPS) is 13.9. The molecule has 138 valence electrons. The molecule has 0 unspecified atom stereocenters. The van der Waals surface area contributed by atoms with Gasteiger partial charge in [-0.15, -0.1) is 0 Å². The summed E-state index contributed by atoms with van der Waals surface area (Å²) in [5.74, 6) is -0.758. The highest BCUT2D eigenvalue weighted by Crippen LogP contribution is 2.35. The summed E-state index contributed by atoms with van der Waals surface area (Å²) in [6.07, 6.45) is 1.36. The van der Waals surface area contributed by atoms with Gasteiger partial charge in [-0.3, -0.25) is 4.79 Å². The van der Waals surface area contributed by atoms with E-state index in [1.165, 1.54) is 30.3 Å². The summed E-state index contributed by atoms with van der Waals surface area (Å²) in [5, 5.41) is 0. The van der Waals surface area contributed by atoms with Gasteiger partial charge in [-0.05, 0) is 42.8 Å². The number of fused-ring (bicyclic) bond motifs is 1. The van der Waals surface area contributed by atoms with Crippen molar-refractivity contribution in [3.63, 3.8) is 0 Å². The van der Waals surface area contributed by atoms with Crippen molar-refractivity contribution in [2.24, 2.45) is 0 Å². The Balaban J connectivity index is 1.58. The second-order valence-electron chi connectivity index (χ2n) is 6.32. The van der Waals surface area contributed by atoms with Crippen LogP contribution in [0.3, 0.4) is 0 Å². The number of carbonyl (C=O) groups is 2. The number of halogens is 1.